The molecule has 4 heteroatoms. The number of nitrogens with one attached hydrogen (secondary N) is 2. The lowest BCUT2D eigenvalue weighted by Gasteiger charge is -2.22. The molecule has 0 spiro atoms. The summed E-state index contributed by atoms with van der Waals surface area (Å²) in [5.41, 5.74) is 3.84. The van der Waals surface area contributed by atoms with Crippen LogP contribution in [0.15, 0.2) is 18.2 Å². The van der Waals surface area contributed by atoms with Crippen molar-refractivity contribution in [2.24, 2.45) is 5.41 Å². The van der Waals surface area contributed by atoms with Gasteiger partial charge in [-0.3, -0.25) is 4.79 Å². The van der Waals surface area contributed by atoms with Crippen molar-refractivity contribution in [3.8, 4) is 0 Å². The third-order valence-corrected chi connectivity index (χ3v) is 4.61. The fourth-order valence-electron chi connectivity index (χ4n) is 3.24. The van der Waals surface area contributed by atoms with Gasteiger partial charge in [0.25, 0.3) is 0 Å². The molecule has 20 heavy (non-hydrogen) atoms. The van der Waals surface area contributed by atoms with E-state index in [1.54, 1.807) is 0 Å². The van der Waals surface area contributed by atoms with Gasteiger partial charge in [0, 0.05) is 25.0 Å². The van der Waals surface area contributed by atoms with Crippen LogP contribution in [-0.4, -0.2) is 5.91 Å². The molecule has 1 amide bonds. The van der Waals surface area contributed by atoms with E-state index in [0.717, 1.165) is 25.9 Å². The summed E-state index contributed by atoms with van der Waals surface area (Å²) in [5.74, 6) is 0.226. The average molecular weight is 295 g/mol. The molecule has 2 N–H and O–H groups in total. The number of halogens is 1. The van der Waals surface area contributed by atoms with Gasteiger partial charge in [-0.1, -0.05) is 38.0 Å². The van der Waals surface area contributed by atoms with Gasteiger partial charge in [0.05, 0.1) is 0 Å². The Kier molecular flexibility index (Phi) is 4.71. The van der Waals surface area contributed by atoms with Crippen LogP contribution in [0.3, 0.4) is 0 Å². The quantitative estimate of drug-likeness (QED) is 0.900. The SMILES string of the molecule is CC1(C(=O)NCc2ccc3c(c2)CNC3)CCCC1.Cl. The minimum atomic E-state index is -0.127. The molecule has 0 radical (unpaired) electrons. The number of carbonyl (C=O) groups excluding carboxylic acids is 1. The summed E-state index contributed by atoms with van der Waals surface area (Å²) in [4.78, 5) is 12.3. The molecule has 0 atom stereocenters. The van der Waals surface area contributed by atoms with Crippen molar-refractivity contribution in [2.75, 3.05) is 0 Å². The van der Waals surface area contributed by atoms with Crippen molar-refractivity contribution in [3.63, 3.8) is 0 Å². The third kappa shape index (κ3) is 2.99. The predicted molar refractivity (Wildman–Crippen MR) is 82.7 cm³/mol. The Hall–Kier alpha value is -1.06. The highest BCUT2D eigenvalue weighted by atomic mass is 35.5. The molecule has 1 aliphatic heterocycles. The van der Waals surface area contributed by atoms with Crippen LogP contribution < -0.4 is 10.6 Å². The molecule has 0 saturated heterocycles. The maximum absolute atomic E-state index is 12.3. The van der Waals surface area contributed by atoms with E-state index in [4.69, 9.17) is 0 Å². The molecule has 1 fully saturated rings. The molecule has 0 unspecified atom stereocenters. The van der Waals surface area contributed by atoms with Crippen molar-refractivity contribution in [2.45, 2.75) is 52.2 Å². The monoisotopic (exact) mass is 294 g/mol. The van der Waals surface area contributed by atoms with Crippen LogP contribution in [0.2, 0.25) is 0 Å². The highest BCUT2D eigenvalue weighted by molar-refractivity contribution is 5.85. The number of hydrogen-bond donors (Lipinski definition) is 2. The Morgan fingerprint density at radius 1 is 1.25 bits per heavy atom. The van der Waals surface area contributed by atoms with Crippen LogP contribution in [0, 0.1) is 5.41 Å². The molecular formula is C16H23ClN2O. The minimum Gasteiger partial charge on any atom is -0.352 e. The summed E-state index contributed by atoms with van der Waals surface area (Å²) in [7, 11) is 0. The smallest absolute Gasteiger partial charge is 0.226 e. The molecule has 3 nitrogen and oxygen atoms in total. The van der Waals surface area contributed by atoms with E-state index >= 15 is 0 Å². The lowest BCUT2D eigenvalue weighted by atomic mass is 9.88. The first kappa shape index (κ1) is 15.3. The summed E-state index contributed by atoms with van der Waals surface area (Å²) in [6, 6.07) is 6.52. The van der Waals surface area contributed by atoms with Gasteiger partial charge in [0.2, 0.25) is 5.91 Å². The van der Waals surface area contributed by atoms with E-state index in [1.807, 2.05) is 0 Å². The molecule has 0 bridgehead atoms. The van der Waals surface area contributed by atoms with E-state index in [0.29, 0.717) is 6.54 Å². The van der Waals surface area contributed by atoms with Gasteiger partial charge in [-0.15, -0.1) is 12.4 Å². The van der Waals surface area contributed by atoms with Gasteiger partial charge >= 0.3 is 0 Å². The maximum Gasteiger partial charge on any atom is 0.226 e. The number of amides is 1. The first-order valence-electron chi connectivity index (χ1n) is 7.27. The summed E-state index contributed by atoms with van der Waals surface area (Å²) in [5, 5.41) is 6.46. The Bertz CT molecular complexity index is 495. The maximum atomic E-state index is 12.3. The number of fused-ring (bicyclic) bond motifs is 1. The van der Waals surface area contributed by atoms with Crippen molar-refractivity contribution in [1.29, 1.82) is 0 Å². The normalized spacial score (nSPS) is 19.2. The molecule has 1 saturated carbocycles. The predicted octanol–water partition coefficient (Wildman–Crippen LogP) is 2.91. The van der Waals surface area contributed by atoms with Crippen molar-refractivity contribution >= 4 is 18.3 Å². The van der Waals surface area contributed by atoms with E-state index in [2.05, 4.69) is 35.8 Å². The van der Waals surface area contributed by atoms with Gasteiger partial charge in [-0.25, -0.2) is 0 Å². The zero-order chi connectivity index (χ0) is 13.3. The van der Waals surface area contributed by atoms with Crippen molar-refractivity contribution < 1.29 is 4.79 Å². The van der Waals surface area contributed by atoms with E-state index < -0.39 is 0 Å². The number of carbonyl (C=O) groups is 1. The molecule has 2 aliphatic rings. The fourth-order valence-corrected chi connectivity index (χ4v) is 3.24. The van der Waals surface area contributed by atoms with Gasteiger partial charge < -0.3 is 10.6 Å². The van der Waals surface area contributed by atoms with Crippen LogP contribution in [-0.2, 0) is 24.4 Å². The largest absolute Gasteiger partial charge is 0.352 e. The highest BCUT2D eigenvalue weighted by Crippen LogP contribution is 2.37. The lowest BCUT2D eigenvalue weighted by molar-refractivity contribution is -0.130. The zero-order valence-electron chi connectivity index (χ0n) is 12.0. The summed E-state index contributed by atoms with van der Waals surface area (Å²) in [6.07, 6.45) is 4.45. The first-order chi connectivity index (χ1) is 9.17. The summed E-state index contributed by atoms with van der Waals surface area (Å²) >= 11 is 0. The van der Waals surface area contributed by atoms with Crippen molar-refractivity contribution in [3.05, 3.63) is 34.9 Å². The van der Waals surface area contributed by atoms with E-state index in [1.165, 1.54) is 29.5 Å². The Balaban J connectivity index is 0.00000147. The molecular weight excluding hydrogens is 272 g/mol. The first-order valence-corrected chi connectivity index (χ1v) is 7.27. The highest BCUT2D eigenvalue weighted by Gasteiger charge is 2.35. The zero-order valence-corrected chi connectivity index (χ0v) is 12.8. The molecule has 0 aromatic heterocycles. The van der Waals surface area contributed by atoms with Gasteiger partial charge in [0.1, 0.15) is 0 Å². The molecule has 3 rings (SSSR count). The second-order valence-electron chi connectivity index (χ2n) is 6.16. The van der Waals surface area contributed by atoms with Gasteiger partial charge in [-0.2, -0.15) is 0 Å². The van der Waals surface area contributed by atoms with Crippen molar-refractivity contribution in [1.82, 2.24) is 10.6 Å². The summed E-state index contributed by atoms with van der Waals surface area (Å²) in [6.45, 7) is 4.68. The molecule has 1 aromatic rings. The lowest BCUT2D eigenvalue weighted by Crippen LogP contribution is -2.36. The topological polar surface area (TPSA) is 41.1 Å². The van der Waals surface area contributed by atoms with Gasteiger partial charge in [-0.05, 0) is 29.5 Å². The minimum absolute atomic E-state index is 0. The van der Waals surface area contributed by atoms with E-state index in [-0.39, 0.29) is 23.7 Å². The average Bonchev–Trinajstić information content (AvgIpc) is 3.04. The van der Waals surface area contributed by atoms with Gasteiger partial charge in [0.15, 0.2) is 0 Å². The second kappa shape index (κ2) is 6.15. The fraction of sp³-hybridized carbons (Fsp3) is 0.562. The molecule has 1 heterocycles. The Labute approximate surface area is 126 Å². The Morgan fingerprint density at radius 2 is 1.95 bits per heavy atom. The molecule has 1 aromatic carbocycles. The molecule has 1 aliphatic carbocycles. The Morgan fingerprint density at radius 3 is 2.70 bits per heavy atom. The van der Waals surface area contributed by atoms with Crippen LogP contribution in [0.5, 0.6) is 0 Å². The summed E-state index contributed by atoms with van der Waals surface area (Å²) < 4.78 is 0. The van der Waals surface area contributed by atoms with Crippen LogP contribution >= 0.6 is 12.4 Å². The standard InChI is InChI=1S/C16H22N2O.ClH/c1-16(6-2-3-7-16)15(19)18-9-12-4-5-13-10-17-11-14(13)8-12;/h4-5,8,17H,2-3,6-7,9-11H2,1H3,(H,18,19);1H. The van der Waals surface area contributed by atoms with Crippen LogP contribution in [0.4, 0.5) is 0 Å². The number of hydrogen-bond acceptors (Lipinski definition) is 2. The number of rotatable bonds is 3. The van der Waals surface area contributed by atoms with Crippen LogP contribution in [0.25, 0.3) is 0 Å². The second-order valence-corrected chi connectivity index (χ2v) is 6.16. The van der Waals surface area contributed by atoms with Crippen LogP contribution in [0.1, 0.15) is 49.3 Å². The third-order valence-electron chi connectivity index (χ3n) is 4.61. The van der Waals surface area contributed by atoms with E-state index in [9.17, 15) is 4.79 Å². The molecule has 110 valence electrons. The number of benzene rings is 1.